The highest BCUT2D eigenvalue weighted by Gasteiger charge is 2.31. The maximum Gasteiger partial charge on any atom is 0.417 e. The van der Waals surface area contributed by atoms with Crippen molar-refractivity contribution in [3.8, 4) is 0 Å². The average molecular weight is 390 g/mol. The van der Waals surface area contributed by atoms with Gasteiger partial charge >= 0.3 is 6.18 Å². The number of alkyl halides is 3. The van der Waals surface area contributed by atoms with Crippen LogP contribution >= 0.6 is 0 Å². The van der Waals surface area contributed by atoms with Crippen molar-refractivity contribution in [2.24, 2.45) is 0 Å². The number of hydrogen-bond donors (Lipinski definition) is 0. The summed E-state index contributed by atoms with van der Waals surface area (Å²) >= 11 is 0. The van der Waals surface area contributed by atoms with Crippen LogP contribution < -0.4 is 10.5 Å². The van der Waals surface area contributed by atoms with Crippen molar-refractivity contribution in [1.29, 1.82) is 0 Å². The molecule has 0 saturated carbocycles. The number of nitrogens with zero attached hydrogens (tertiary/aromatic N) is 6. The van der Waals surface area contributed by atoms with Gasteiger partial charge in [0.25, 0.3) is 5.56 Å². The van der Waals surface area contributed by atoms with Gasteiger partial charge in [0.2, 0.25) is 0 Å². The fourth-order valence-corrected chi connectivity index (χ4v) is 3.16. The van der Waals surface area contributed by atoms with E-state index in [-0.39, 0.29) is 5.56 Å². The van der Waals surface area contributed by atoms with Gasteiger partial charge in [-0.05, 0) is 24.3 Å². The number of halogens is 3. The first kappa shape index (κ1) is 18.4. The SMILES string of the molecule is O=c1c2ccccc2nnn1CN1CCN(c2ccc(C(F)(F)F)cn2)CC1. The highest BCUT2D eigenvalue weighted by molar-refractivity contribution is 5.76. The summed E-state index contributed by atoms with van der Waals surface area (Å²) in [6.45, 7) is 2.75. The van der Waals surface area contributed by atoms with Crippen molar-refractivity contribution in [3.63, 3.8) is 0 Å². The van der Waals surface area contributed by atoms with Gasteiger partial charge < -0.3 is 4.90 Å². The van der Waals surface area contributed by atoms with Gasteiger partial charge in [0, 0.05) is 32.4 Å². The van der Waals surface area contributed by atoms with E-state index in [9.17, 15) is 18.0 Å². The van der Waals surface area contributed by atoms with Crippen LogP contribution in [-0.2, 0) is 12.8 Å². The molecule has 1 aromatic carbocycles. The van der Waals surface area contributed by atoms with Gasteiger partial charge in [0.05, 0.1) is 17.6 Å². The molecular weight excluding hydrogens is 373 g/mol. The number of pyridine rings is 1. The Kier molecular flexibility index (Phi) is 4.71. The van der Waals surface area contributed by atoms with Crippen molar-refractivity contribution in [2.75, 3.05) is 31.1 Å². The molecule has 146 valence electrons. The Balaban J connectivity index is 1.41. The predicted octanol–water partition coefficient (Wildman–Crippen LogP) is 1.98. The van der Waals surface area contributed by atoms with Crippen LogP contribution in [0.1, 0.15) is 5.56 Å². The van der Waals surface area contributed by atoms with E-state index in [2.05, 4.69) is 15.3 Å². The second-order valence-corrected chi connectivity index (χ2v) is 6.56. The molecule has 0 radical (unpaired) electrons. The minimum atomic E-state index is -4.39. The molecule has 1 fully saturated rings. The summed E-state index contributed by atoms with van der Waals surface area (Å²) < 4.78 is 39.3. The smallest absolute Gasteiger partial charge is 0.354 e. The molecule has 0 unspecified atom stereocenters. The Morgan fingerprint density at radius 3 is 2.43 bits per heavy atom. The maximum atomic E-state index is 12.7. The second kappa shape index (κ2) is 7.19. The molecule has 0 atom stereocenters. The molecule has 28 heavy (non-hydrogen) atoms. The lowest BCUT2D eigenvalue weighted by molar-refractivity contribution is -0.137. The van der Waals surface area contributed by atoms with E-state index in [1.165, 1.54) is 10.7 Å². The standard InChI is InChI=1S/C18H17F3N6O/c19-18(20,21)13-5-6-16(22-11-13)26-9-7-25(8-10-26)12-27-17(28)14-3-1-2-4-15(14)23-24-27/h1-6,11H,7-10,12H2. The van der Waals surface area contributed by atoms with Crippen molar-refractivity contribution >= 4 is 16.7 Å². The van der Waals surface area contributed by atoms with Gasteiger partial charge in [-0.25, -0.2) is 4.98 Å². The summed E-state index contributed by atoms with van der Waals surface area (Å²) in [5.41, 5.74) is -0.400. The minimum Gasteiger partial charge on any atom is -0.354 e. The van der Waals surface area contributed by atoms with Crippen LogP contribution in [0.25, 0.3) is 10.9 Å². The Morgan fingerprint density at radius 2 is 1.75 bits per heavy atom. The number of rotatable bonds is 3. The van der Waals surface area contributed by atoms with E-state index in [1.807, 2.05) is 9.80 Å². The van der Waals surface area contributed by atoms with Crippen molar-refractivity contribution in [1.82, 2.24) is 24.9 Å². The van der Waals surface area contributed by atoms with Gasteiger partial charge in [0.15, 0.2) is 0 Å². The predicted molar refractivity (Wildman–Crippen MR) is 96.8 cm³/mol. The van der Waals surface area contributed by atoms with E-state index < -0.39 is 11.7 Å². The molecule has 2 aromatic heterocycles. The summed E-state index contributed by atoms with van der Waals surface area (Å²) in [5, 5.41) is 8.58. The van der Waals surface area contributed by atoms with Crippen LogP contribution in [-0.4, -0.2) is 51.1 Å². The van der Waals surface area contributed by atoms with Gasteiger partial charge in [-0.15, -0.1) is 5.10 Å². The third-order valence-electron chi connectivity index (χ3n) is 4.73. The van der Waals surface area contributed by atoms with E-state index >= 15 is 0 Å². The zero-order chi connectivity index (χ0) is 19.7. The van der Waals surface area contributed by atoms with E-state index in [0.29, 0.717) is 49.6 Å². The summed E-state index contributed by atoms with van der Waals surface area (Å²) in [5.74, 6) is 0.510. The molecule has 3 aromatic rings. The monoisotopic (exact) mass is 390 g/mol. The summed E-state index contributed by atoms with van der Waals surface area (Å²) in [6.07, 6.45) is -3.54. The first-order chi connectivity index (χ1) is 13.4. The summed E-state index contributed by atoms with van der Waals surface area (Å²) in [6, 6.07) is 9.47. The Labute approximate surface area is 158 Å². The van der Waals surface area contributed by atoms with Crippen LogP contribution in [0.4, 0.5) is 19.0 Å². The number of hydrogen-bond acceptors (Lipinski definition) is 6. The molecule has 1 aliphatic heterocycles. The Morgan fingerprint density at radius 1 is 1.00 bits per heavy atom. The van der Waals surface area contributed by atoms with Crippen LogP contribution in [0.2, 0.25) is 0 Å². The fraction of sp³-hybridized carbons (Fsp3) is 0.333. The zero-order valence-corrected chi connectivity index (χ0v) is 14.8. The number of fused-ring (bicyclic) bond motifs is 1. The molecule has 0 spiro atoms. The van der Waals surface area contributed by atoms with E-state index in [1.54, 1.807) is 24.3 Å². The lowest BCUT2D eigenvalue weighted by atomic mass is 10.2. The van der Waals surface area contributed by atoms with Crippen LogP contribution in [0.5, 0.6) is 0 Å². The number of aromatic nitrogens is 4. The largest absolute Gasteiger partial charge is 0.417 e. The molecule has 1 aliphatic rings. The topological polar surface area (TPSA) is 67.2 Å². The second-order valence-electron chi connectivity index (χ2n) is 6.56. The van der Waals surface area contributed by atoms with Gasteiger partial charge in [-0.3, -0.25) is 9.69 Å². The van der Waals surface area contributed by atoms with Crippen LogP contribution in [0, 0.1) is 0 Å². The fourth-order valence-electron chi connectivity index (χ4n) is 3.16. The highest BCUT2D eigenvalue weighted by atomic mass is 19.4. The molecular formula is C18H17F3N6O. The third kappa shape index (κ3) is 3.68. The molecule has 1 saturated heterocycles. The van der Waals surface area contributed by atoms with E-state index in [0.717, 1.165) is 12.3 Å². The van der Waals surface area contributed by atoms with Crippen LogP contribution in [0.3, 0.4) is 0 Å². The molecule has 0 bridgehead atoms. The summed E-state index contributed by atoms with van der Waals surface area (Å²) in [7, 11) is 0. The minimum absolute atomic E-state index is 0.197. The molecule has 4 rings (SSSR count). The summed E-state index contributed by atoms with van der Waals surface area (Å²) in [4.78, 5) is 20.4. The van der Waals surface area contributed by atoms with Gasteiger partial charge in [0.1, 0.15) is 11.3 Å². The van der Waals surface area contributed by atoms with Gasteiger partial charge in [-0.1, -0.05) is 17.3 Å². The molecule has 0 N–H and O–H groups in total. The maximum absolute atomic E-state index is 12.7. The molecule has 0 aliphatic carbocycles. The van der Waals surface area contributed by atoms with Crippen molar-refractivity contribution < 1.29 is 13.2 Å². The van der Waals surface area contributed by atoms with E-state index in [4.69, 9.17) is 0 Å². The molecule has 10 heteroatoms. The quantitative estimate of drug-likeness (QED) is 0.682. The lowest BCUT2D eigenvalue weighted by Gasteiger charge is -2.35. The van der Waals surface area contributed by atoms with Crippen LogP contribution in [0.15, 0.2) is 47.4 Å². The normalized spacial score (nSPS) is 15.9. The molecule has 7 nitrogen and oxygen atoms in total. The lowest BCUT2D eigenvalue weighted by Crippen LogP contribution is -2.48. The van der Waals surface area contributed by atoms with Crippen molar-refractivity contribution in [2.45, 2.75) is 12.8 Å². The number of anilines is 1. The first-order valence-corrected chi connectivity index (χ1v) is 8.75. The molecule has 0 amide bonds. The number of piperazine rings is 1. The van der Waals surface area contributed by atoms with Gasteiger partial charge in [-0.2, -0.15) is 17.9 Å². The average Bonchev–Trinajstić information content (AvgIpc) is 2.70. The Bertz CT molecular complexity index is 1030. The zero-order valence-electron chi connectivity index (χ0n) is 14.8. The highest BCUT2D eigenvalue weighted by Crippen LogP contribution is 2.29. The first-order valence-electron chi connectivity index (χ1n) is 8.75. The molecule has 3 heterocycles. The number of benzene rings is 1. The third-order valence-corrected chi connectivity index (χ3v) is 4.73. The Hall–Kier alpha value is -3.01. The van der Waals surface area contributed by atoms with Crippen molar-refractivity contribution in [3.05, 3.63) is 58.5 Å².